The normalized spacial score (nSPS) is 9.74. The highest BCUT2D eigenvalue weighted by Gasteiger charge is 2.13. The van der Waals surface area contributed by atoms with E-state index in [1.807, 2.05) is 5.32 Å². The molecular formula is C10H10FN3O5. The van der Waals surface area contributed by atoms with Gasteiger partial charge >= 0.3 is 17.7 Å². The molecule has 0 aliphatic heterocycles. The van der Waals surface area contributed by atoms with Crippen LogP contribution >= 0.6 is 0 Å². The lowest BCUT2D eigenvalue weighted by Crippen LogP contribution is -2.38. The van der Waals surface area contributed by atoms with Crippen molar-refractivity contribution in [3.63, 3.8) is 0 Å². The maximum absolute atomic E-state index is 13.2. The molecule has 3 N–H and O–H groups in total. The molecule has 102 valence electrons. The summed E-state index contributed by atoms with van der Waals surface area (Å²) in [4.78, 5) is 30.8. The lowest BCUT2D eigenvalue weighted by atomic mass is 10.2. The molecular weight excluding hydrogens is 261 g/mol. The highest BCUT2D eigenvalue weighted by atomic mass is 19.1. The van der Waals surface area contributed by atoms with Gasteiger partial charge in [0.2, 0.25) is 5.82 Å². The molecule has 0 fully saturated rings. The molecule has 0 saturated carbocycles. The highest BCUT2D eigenvalue weighted by molar-refractivity contribution is 5.79. The largest absolute Gasteiger partial charge is 0.480 e. The Hall–Kier alpha value is -2.71. The molecule has 19 heavy (non-hydrogen) atoms. The Balaban J connectivity index is 2.54. The van der Waals surface area contributed by atoms with Crippen LogP contribution in [0.5, 0.6) is 0 Å². The van der Waals surface area contributed by atoms with Crippen molar-refractivity contribution in [1.29, 1.82) is 0 Å². The van der Waals surface area contributed by atoms with E-state index in [9.17, 15) is 24.1 Å². The number of nitrogens with zero attached hydrogens (tertiary/aromatic N) is 1. The summed E-state index contributed by atoms with van der Waals surface area (Å²) in [6, 6.07) is 2.47. The highest BCUT2D eigenvalue weighted by Crippen LogP contribution is 2.17. The standard InChI is InChI=1S/C10H10FN3O5/c11-7-3-6(1-2-8(7)14(18)19)4-12-10(17)13-5-9(15)16/h1-3H,4-5H2,(H,15,16)(H2,12,13,17). The molecule has 0 spiro atoms. The van der Waals surface area contributed by atoms with Gasteiger partial charge in [-0.2, -0.15) is 4.39 Å². The van der Waals surface area contributed by atoms with Gasteiger partial charge in [-0.15, -0.1) is 0 Å². The van der Waals surface area contributed by atoms with Gasteiger partial charge in [-0.1, -0.05) is 6.07 Å². The Morgan fingerprint density at radius 2 is 2.05 bits per heavy atom. The summed E-state index contributed by atoms with van der Waals surface area (Å²) < 4.78 is 13.2. The average molecular weight is 271 g/mol. The van der Waals surface area contributed by atoms with Gasteiger partial charge in [0.25, 0.3) is 0 Å². The third kappa shape index (κ3) is 4.58. The maximum atomic E-state index is 13.2. The van der Waals surface area contributed by atoms with E-state index in [0.717, 1.165) is 12.1 Å². The molecule has 0 aliphatic rings. The van der Waals surface area contributed by atoms with E-state index in [1.54, 1.807) is 0 Å². The number of hydrogen-bond acceptors (Lipinski definition) is 4. The Kier molecular flexibility index (Phi) is 4.75. The number of benzene rings is 1. The van der Waals surface area contributed by atoms with Gasteiger partial charge < -0.3 is 15.7 Å². The summed E-state index contributed by atoms with van der Waals surface area (Å²) in [6.45, 7) is -0.624. The monoisotopic (exact) mass is 271 g/mol. The quantitative estimate of drug-likeness (QED) is 0.535. The van der Waals surface area contributed by atoms with Crippen LogP contribution in [0.3, 0.4) is 0 Å². The maximum Gasteiger partial charge on any atom is 0.323 e. The molecule has 0 saturated heterocycles. The number of carbonyl (C=O) groups is 2. The minimum Gasteiger partial charge on any atom is -0.480 e. The third-order valence-electron chi connectivity index (χ3n) is 2.06. The van der Waals surface area contributed by atoms with Crippen LogP contribution in [-0.4, -0.2) is 28.6 Å². The van der Waals surface area contributed by atoms with E-state index in [1.165, 1.54) is 6.07 Å². The Labute approximate surface area is 106 Å². The molecule has 0 atom stereocenters. The van der Waals surface area contributed by atoms with Crippen LogP contribution in [0.2, 0.25) is 0 Å². The summed E-state index contributed by atoms with van der Waals surface area (Å²) in [5.41, 5.74) is -0.340. The first-order valence-electron chi connectivity index (χ1n) is 5.06. The number of carboxylic acids is 1. The number of carboxylic acid groups (broad SMARTS) is 1. The van der Waals surface area contributed by atoms with Crippen molar-refractivity contribution in [3.8, 4) is 0 Å². The molecule has 0 aromatic heterocycles. The second-order valence-corrected chi connectivity index (χ2v) is 3.47. The third-order valence-corrected chi connectivity index (χ3v) is 2.06. The zero-order valence-corrected chi connectivity index (χ0v) is 9.55. The van der Waals surface area contributed by atoms with Gasteiger partial charge in [0.1, 0.15) is 6.54 Å². The number of nitro benzene ring substituents is 1. The fourth-order valence-corrected chi connectivity index (χ4v) is 1.21. The molecule has 0 radical (unpaired) electrons. The van der Waals surface area contributed by atoms with Gasteiger partial charge in [-0.3, -0.25) is 14.9 Å². The molecule has 1 aromatic rings. The first kappa shape index (κ1) is 14.4. The van der Waals surface area contributed by atoms with Crippen LogP contribution in [-0.2, 0) is 11.3 Å². The van der Waals surface area contributed by atoms with Crippen molar-refractivity contribution >= 4 is 17.7 Å². The molecule has 9 heteroatoms. The number of aliphatic carboxylic acids is 1. The molecule has 0 bridgehead atoms. The van der Waals surface area contributed by atoms with Crippen LogP contribution in [0.15, 0.2) is 18.2 Å². The number of urea groups is 1. The van der Waals surface area contributed by atoms with Crippen LogP contribution in [0, 0.1) is 15.9 Å². The van der Waals surface area contributed by atoms with Crippen molar-refractivity contribution in [3.05, 3.63) is 39.7 Å². The lowest BCUT2D eigenvalue weighted by molar-refractivity contribution is -0.387. The number of amides is 2. The molecule has 2 amide bonds. The fourth-order valence-electron chi connectivity index (χ4n) is 1.21. The van der Waals surface area contributed by atoms with E-state index in [-0.39, 0.29) is 6.54 Å². The summed E-state index contributed by atoms with van der Waals surface area (Å²) in [5, 5.41) is 23.0. The van der Waals surface area contributed by atoms with Gasteiger partial charge in [0.05, 0.1) is 4.92 Å². The second kappa shape index (κ2) is 6.28. The molecule has 0 heterocycles. The predicted octanol–water partition coefficient (Wildman–Crippen LogP) is 0.618. The first-order chi connectivity index (χ1) is 8.90. The molecule has 0 aliphatic carbocycles. The summed E-state index contributed by atoms with van der Waals surface area (Å²) >= 11 is 0. The van der Waals surface area contributed by atoms with Crippen LogP contribution in [0.1, 0.15) is 5.56 Å². The second-order valence-electron chi connectivity index (χ2n) is 3.47. The van der Waals surface area contributed by atoms with Crippen molar-refractivity contribution < 1.29 is 24.0 Å². The Morgan fingerprint density at radius 3 is 2.58 bits per heavy atom. The number of halogens is 1. The van der Waals surface area contributed by atoms with Gasteiger partial charge in [0.15, 0.2) is 0 Å². The minimum atomic E-state index is -1.20. The van der Waals surface area contributed by atoms with Gasteiger partial charge in [0, 0.05) is 12.6 Å². The van der Waals surface area contributed by atoms with Crippen molar-refractivity contribution in [2.24, 2.45) is 0 Å². The Morgan fingerprint density at radius 1 is 1.37 bits per heavy atom. The summed E-state index contributed by atoms with van der Waals surface area (Å²) in [6.07, 6.45) is 0. The van der Waals surface area contributed by atoms with E-state index in [0.29, 0.717) is 5.56 Å². The SMILES string of the molecule is O=C(O)CNC(=O)NCc1ccc([N+](=O)[O-])c(F)c1. The molecule has 8 nitrogen and oxygen atoms in total. The molecule has 1 rings (SSSR count). The Bertz CT molecular complexity index is 520. The first-order valence-corrected chi connectivity index (χ1v) is 5.06. The van der Waals surface area contributed by atoms with Gasteiger partial charge in [-0.25, -0.2) is 4.79 Å². The smallest absolute Gasteiger partial charge is 0.323 e. The zero-order valence-electron chi connectivity index (χ0n) is 9.55. The van der Waals surface area contributed by atoms with E-state index < -0.39 is 35.0 Å². The molecule has 1 aromatic carbocycles. The van der Waals surface area contributed by atoms with E-state index >= 15 is 0 Å². The fraction of sp³-hybridized carbons (Fsp3) is 0.200. The van der Waals surface area contributed by atoms with Crippen molar-refractivity contribution in [2.45, 2.75) is 6.54 Å². The van der Waals surface area contributed by atoms with Gasteiger partial charge in [-0.05, 0) is 11.6 Å². The summed E-state index contributed by atoms with van der Waals surface area (Å²) in [7, 11) is 0. The molecule has 0 unspecified atom stereocenters. The lowest BCUT2D eigenvalue weighted by Gasteiger charge is -2.06. The average Bonchev–Trinajstić information content (AvgIpc) is 2.33. The zero-order chi connectivity index (χ0) is 14.4. The van der Waals surface area contributed by atoms with E-state index in [4.69, 9.17) is 5.11 Å². The van der Waals surface area contributed by atoms with Crippen molar-refractivity contribution in [2.75, 3.05) is 6.54 Å². The number of nitrogens with one attached hydrogen (secondary N) is 2. The topological polar surface area (TPSA) is 122 Å². The number of hydrogen-bond donors (Lipinski definition) is 3. The predicted molar refractivity (Wildman–Crippen MR) is 60.9 cm³/mol. The number of carbonyl (C=O) groups excluding carboxylic acids is 1. The van der Waals surface area contributed by atoms with Crippen LogP contribution in [0.4, 0.5) is 14.9 Å². The minimum absolute atomic E-state index is 0.0830. The number of rotatable bonds is 5. The summed E-state index contributed by atoms with van der Waals surface area (Å²) in [5.74, 6) is -2.20. The van der Waals surface area contributed by atoms with Crippen LogP contribution < -0.4 is 10.6 Å². The number of nitro groups is 1. The van der Waals surface area contributed by atoms with Crippen molar-refractivity contribution in [1.82, 2.24) is 10.6 Å². The van der Waals surface area contributed by atoms with E-state index in [2.05, 4.69) is 5.32 Å². The van der Waals surface area contributed by atoms with Crippen LogP contribution in [0.25, 0.3) is 0 Å².